The maximum absolute atomic E-state index is 12.3. The van der Waals surface area contributed by atoms with E-state index in [1.807, 2.05) is 6.92 Å². The molecule has 1 amide bonds. The molecular weight excluding hydrogens is 244 g/mol. The Labute approximate surface area is 113 Å². The fraction of sp³-hybridized carbons (Fsp3) is 0.571. The first kappa shape index (κ1) is 13.8. The van der Waals surface area contributed by atoms with Crippen LogP contribution >= 0.6 is 0 Å². The molecule has 0 aromatic carbocycles. The Bertz CT molecular complexity index is 464. The van der Waals surface area contributed by atoms with Crippen LogP contribution in [0.2, 0.25) is 0 Å². The molecule has 5 nitrogen and oxygen atoms in total. The number of pyridine rings is 1. The van der Waals surface area contributed by atoms with Crippen molar-refractivity contribution in [3.63, 3.8) is 0 Å². The molecule has 0 spiro atoms. The number of aromatic nitrogens is 1. The summed E-state index contributed by atoms with van der Waals surface area (Å²) in [4.78, 5) is 16.3. The molecule has 5 heteroatoms. The standard InChI is InChI=1S/C14H20N2O3/c1-14(9-17)7-3-6-11(14)16-12(18)10-5-4-8-15-13(10)19-2/h4-5,8,11,17H,3,6-7,9H2,1-2H3,(H,16,18). The molecule has 2 rings (SSSR count). The molecule has 1 aromatic rings. The van der Waals surface area contributed by atoms with E-state index in [1.54, 1.807) is 18.3 Å². The van der Waals surface area contributed by atoms with Crippen molar-refractivity contribution in [1.82, 2.24) is 10.3 Å². The van der Waals surface area contributed by atoms with Gasteiger partial charge in [-0.1, -0.05) is 13.3 Å². The molecule has 2 atom stereocenters. The van der Waals surface area contributed by atoms with Gasteiger partial charge in [0.05, 0.1) is 13.7 Å². The number of hydrogen-bond acceptors (Lipinski definition) is 4. The molecule has 0 aliphatic heterocycles. The molecule has 1 saturated carbocycles. The highest BCUT2D eigenvalue weighted by atomic mass is 16.5. The van der Waals surface area contributed by atoms with Crippen molar-refractivity contribution in [1.29, 1.82) is 0 Å². The molecule has 2 N–H and O–H groups in total. The van der Waals surface area contributed by atoms with Crippen LogP contribution in [-0.4, -0.2) is 35.8 Å². The fourth-order valence-electron chi connectivity index (χ4n) is 2.63. The average molecular weight is 264 g/mol. The predicted molar refractivity (Wildman–Crippen MR) is 71.1 cm³/mol. The first-order valence-electron chi connectivity index (χ1n) is 6.51. The average Bonchev–Trinajstić information content (AvgIpc) is 2.80. The third-order valence-corrected chi connectivity index (χ3v) is 3.96. The van der Waals surface area contributed by atoms with Gasteiger partial charge < -0.3 is 15.2 Å². The lowest BCUT2D eigenvalue weighted by atomic mass is 9.85. The Hall–Kier alpha value is -1.62. The normalized spacial score (nSPS) is 26.2. The summed E-state index contributed by atoms with van der Waals surface area (Å²) in [7, 11) is 1.49. The van der Waals surface area contributed by atoms with Gasteiger partial charge in [0.25, 0.3) is 5.91 Å². The third kappa shape index (κ3) is 2.71. The van der Waals surface area contributed by atoms with Gasteiger partial charge in [-0.05, 0) is 25.0 Å². The van der Waals surface area contributed by atoms with Crippen LogP contribution in [0, 0.1) is 5.41 Å². The number of amides is 1. The number of nitrogens with zero attached hydrogens (tertiary/aromatic N) is 1. The number of hydrogen-bond donors (Lipinski definition) is 2. The highest BCUT2D eigenvalue weighted by Gasteiger charge is 2.39. The number of aliphatic hydroxyl groups excluding tert-OH is 1. The zero-order valence-electron chi connectivity index (χ0n) is 11.3. The molecular formula is C14H20N2O3. The maximum atomic E-state index is 12.3. The quantitative estimate of drug-likeness (QED) is 0.861. The predicted octanol–water partition coefficient (Wildman–Crippen LogP) is 1.37. The van der Waals surface area contributed by atoms with E-state index in [1.165, 1.54) is 7.11 Å². The molecule has 1 aliphatic carbocycles. The van der Waals surface area contributed by atoms with Crippen LogP contribution in [0.5, 0.6) is 5.88 Å². The number of nitrogens with one attached hydrogen (secondary N) is 1. The van der Waals surface area contributed by atoms with E-state index in [0.29, 0.717) is 11.4 Å². The van der Waals surface area contributed by atoms with Crippen LogP contribution in [0.15, 0.2) is 18.3 Å². The number of carbonyl (C=O) groups excluding carboxylic acids is 1. The van der Waals surface area contributed by atoms with Gasteiger partial charge >= 0.3 is 0 Å². The minimum absolute atomic E-state index is 0.00471. The smallest absolute Gasteiger partial charge is 0.257 e. The summed E-state index contributed by atoms with van der Waals surface area (Å²) in [6, 6.07) is 3.39. The van der Waals surface area contributed by atoms with Crippen molar-refractivity contribution in [2.24, 2.45) is 5.41 Å². The number of carbonyl (C=O) groups is 1. The summed E-state index contributed by atoms with van der Waals surface area (Å²) in [6.07, 6.45) is 4.43. The van der Waals surface area contributed by atoms with Gasteiger partial charge in [0.15, 0.2) is 0 Å². The number of rotatable bonds is 4. The minimum atomic E-state index is -0.231. The number of ether oxygens (including phenoxy) is 1. The summed E-state index contributed by atoms with van der Waals surface area (Å²) in [5, 5.41) is 12.5. The largest absolute Gasteiger partial charge is 0.480 e. The van der Waals surface area contributed by atoms with Crippen LogP contribution in [0.25, 0.3) is 0 Å². The van der Waals surface area contributed by atoms with E-state index in [2.05, 4.69) is 10.3 Å². The zero-order chi connectivity index (χ0) is 13.9. The van der Waals surface area contributed by atoms with E-state index in [4.69, 9.17) is 4.74 Å². The monoisotopic (exact) mass is 264 g/mol. The van der Waals surface area contributed by atoms with Crippen LogP contribution < -0.4 is 10.1 Å². The lowest BCUT2D eigenvalue weighted by Crippen LogP contribution is -2.44. The van der Waals surface area contributed by atoms with Gasteiger partial charge in [0, 0.05) is 17.7 Å². The van der Waals surface area contributed by atoms with Crippen LogP contribution in [0.1, 0.15) is 36.5 Å². The SMILES string of the molecule is COc1ncccc1C(=O)NC1CCCC1(C)CO. The second kappa shape index (κ2) is 5.57. The van der Waals surface area contributed by atoms with E-state index in [-0.39, 0.29) is 24.0 Å². The van der Waals surface area contributed by atoms with E-state index >= 15 is 0 Å². The number of methoxy groups -OCH3 is 1. The van der Waals surface area contributed by atoms with Gasteiger partial charge in [0.1, 0.15) is 5.56 Å². The Morgan fingerprint density at radius 1 is 1.68 bits per heavy atom. The molecule has 0 radical (unpaired) electrons. The lowest BCUT2D eigenvalue weighted by molar-refractivity contribution is 0.0827. The van der Waals surface area contributed by atoms with E-state index in [0.717, 1.165) is 19.3 Å². The van der Waals surface area contributed by atoms with Crippen molar-refractivity contribution in [3.05, 3.63) is 23.9 Å². The van der Waals surface area contributed by atoms with Crippen LogP contribution in [0.3, 0.4) is 0 Å². The summed E-state index contributed by atoms with van der Waals surface area (Å²) in [5.74, 6) is 0.125. The molecule has 19 heavy (non-hydrogen) atoms. The van der Waals surface area contributed by atoms with Gasteiger partial charge in [0.2, 0.25) is 5.88 Å². The summed E-state index contributed by atoms with van der Waals surface area (Å²) in [5.41, 5.74) is 0.197. The van der Waals surface area contributed by atoms with Crippen molar-refractivity contribution in [2.75, 3.05) is 13.7 Å². The molecule has 1 heterocycles. The highest BCUT2D eigenvalue weighted by molar-refractivity contribution is 5.96. The third-order valence-electron chi connectivity index (χ3n) is 3.96. The van der Waals surface area contributed by atoms with Gasteiger partial charge in [-0.15, -0.1) is 0 Å². The van der Waals surface area contributed by atoms with Crippen molar-refractivity contribution in [3.8, 4) is 5.88 Å². The Balaban J connectivity index is 2.13. The zero-order valence-corrected chi connectivity index (χ0v) is 11.3. The molecule has 0 saturated heterocycles. The van der Waals surface area contributed by atoms with E-state index < -0.39 is 0 Å². The lowest BCUT2D eigenvalue weighted by Gasteiger charge is -2.30. The molecule has 1 fully saturated rings. The first-order chi connectivity index (χ1) is 9.10. The van der Waals surface area contributed by atoms with Crippen molar-refractivity contribution >= 4 is 5.91 Å². The van der Waals surface area contributed by atoms with Crippen LogP contribution in [-0.2, 0) is 0 Å². The van der Waals surface area contributed by atoms with Crippen molar-refractivity contribution < 1.29 is 14.6 Å². The molecule has 2 unspecified atom stereocenters. The summed E-state index contributed by atoms with van der Waals surface area (Å²) >= 11 is 0. The van der Waals surface area contributed by atoms with Gasteiger partial charge in [-0.25, -0.2) is 4.98 Å². The summed E-state index contributed by atoms with van der Waals surface area (Å²) < 4.78 is 5.09. The fourth-order valence-corrected chi connectivity index (χ4v) is 2.63. The molecule has 0 bridgehead atoms. The van der Waals surface area contributed by atoms with Crippen LogP contribution in [0.4, 0.5) is 0 Å². The second-order valence-electron chi connectivity index (χ2n) is 5.29. The van der Waals surface area contributed by atoms with Gasteiger partial charge in [-0.2, -0.15) is 0 Å². The molecule has 104 valence electrons. The second-order valence-corrected chi connectivity index (χ2v) is 5.29. The highest BCUT2D eigenvalue weighted by Crippen LogP contribution is 2.37. The van der Waals surface area contributed by atoms with E-state index in [9.17, 15) is 9.90 Å². The Kier molecular flexibility index (Phi) is 4.04. The maximum Gasteiger partial charge on any atom is 0.257 e. The first-order valence-corrected chi connectivity index (χ1v) is 6.51. The van der Waals surface area contributed by atoms with Gasteiger partial charge in [-0.3, -0.25) is 4.79 Å². The van der Waals surface area contributed by atoms with Crippen molar-refractivity contribution in [2.45, 2.75) is 32.2 Å². The molecule has 1 aliphatic rings. The Morgan fingerprint density at radius 2 is 2.47 bits per heavy atom. The minimum Gasteiger partial charge on any atom is -0.480 e. The topological polar surface area (TPSA) is 71.5 Å². The Morgan fingerprint density at radius 3 is 3.16 bits per heavy atom. The summed E-state index contributed by atoms with van der Waals surface area (Å²) in [6.45, 7) is 2.09. The molecule has 1 aromatic heterocycles. The number of aliphatic hydroxyl groups is 1.